The summed E-state index contributed by atoms with van der Waals surface area (Å²) in [6.07, 6.45) is 2.46. The number of hydrogen-bond acceptors (Lipinski definition) is 2. The van der Waals surface area contributed by atoms with Gasteiger partial charge < -0.3 is 10.5 Å². The average molecular weight is 348 g/mol. The fourth-order valence-electron chi connectivity index (χ4n) is 2.48. The number of amides is 1. The molecule has 2 rings (SSSR count). The predicted octanol–water partition coefficient (Wildman–Crippen LogP) is 4.90. The van der Waals surface area contributed by atoms with E-state index in [9.17, 15) is 13.6 Å². The lowest BCUT2D eigenvalue weighted by molar-refractivity contribution is 0.0846. The minimum absolute atomic E-state index is 0.135. The molecule has 1 aromatic carbocycles. The summed E-state index contributed by atoms with van der Waals surface area (Å²) < 4.78 is 32.9. The van der Waals surface area contributed by atoms with Crippen molar-refractivity contribution in [3.63, 3.8) is 0 Å². The third-order valence-electron chi connectivity index (χ3n) is 3.91. The molecule has 0 radical (unpaired) electrons. The van der Waals surface area contributed by atoms with Crippen molar-refractivity contribution >= 4 is 17.5 Å². The number of hydrogen-bond donors (Lipinski definition) is 1. The molecule has 1 aliphatic carbocycles. The van der Waals surface area contributed by atoms with Gasteiger partial charge in [-0.25, -0.2) is 8.78 Å². The van der Waals surface area contributed by atoms with Crippen molar-refractivity contribution in [1.29, 1.82) is 0 Å². The molecular formula is C17H24ClF2NO2. The highest BCUT2D eigenvalue weighted by Crippen LogP contribution is 2.35. The van der Waals surface area contributed by atoms with Crippen LogP contribution in [0.1, 0.15) is 56.8 Å². The number of carbonyl (C=O) groups is 1. The van der Waals surface area contributed by atoms with E-state index in [1.165, 1.54) is 0 Å². The lowest BCUT2D eigenvalue weighted by Crippen LogP contribution is -2.28. The van der Waals surface area contributed by atoms with E-state index in [2.05, 4.69) is 0 Å². The van der Waals surface area contributed by atoms with Gasteiger partial charge in [0.15, 0.2) is 0 Å². The van der Waals surface area contributed by atoms with E-state index in [0.717, 1.165) is 25.0 Å². The first-order chi connectivity index (χ1) is 10.8. The summed E-state index contributed by atoms with van der Waals surface area (Å²) in [5.74, 6) is -1.24. The summed E-state index contributed by atoms with van der Waals surface area (Å²) >= 11 is 5.95. The van der Waals surface area contributed by atoms with E-state index in [1.54, 1.807) is 6.92 Å². The molecule has 1 aromatic rings. The van der Waals surface area contributed by atoms with Gasteiger partial charge in [-0.2, -0.15) is 0 Å². The van der Waals surface area contributed by atoms with Gasteiger partial charge in [0.25, 0.3) is 5.91 Å². The van der Waals surface area contributed by atoms with E-state index in [1.807, 2.05) is 13.8 Å². The highest BCUT2D eigenvalue weighted by Gasteiger charge is 2.30. The number of ether oxygens (including phenoxy) is 1. The van der Waals surface area contributed by atoms with Crippen molar-refractivity contribution in [2.75, 3.05) is 6.61 Å². The average Bonchev–Trinajstić information content (AvgIpc) is 2.50. The lowest BCUT2D eigenvalue weighted by atomic mass is 9.81. The second-order valence-corrected chi connectivity index (χ2v) is 6.20. The molecule has 0 atom stereocenters. The monoisotopic (exact) mass is 347 g/mol. The van der Waals surface area contributed by atoms with Crippen LogP contribution in [0, 0.1) is 11.7 Å². The zero-order valence-corrected chi connectivity index (χ0v) is 14.6. The van der Waals surface area contributed by atoms with Crippen LogP contribution in [0.2, 0.25) is 5.02 Å². The maximum atomic E-state index is 13.7. The largest absolute Gasteiger partial charge is 0.492 e. The highest BCUT2D eigenvalue weighted by molar-refractivity contribution is 6.32. The normalized spacial score (nSPS) is 23.7. The molecule has 1 saturated carbocycles. The molecule has 3 nitrogen and oxygen atoms in total. The lowest BCUT2D eigenvalue weighted by Gasteiger charge is -2.30. The van der Waals surface area contributed by atoms with Crippen LogP contribution < -0.4 is 10.5 Å². The molecule has 0 aromatic heterocycles. The fraction of sp³-hybridized carbons (Fsp3) is 0.588. The van der Waals surface area contributed by atoms with Gasteiger partial charge in [0.1, 0.15) is 17.2 Å². The summed E-state index contributed by atoms with van der Waals surface area (Å²) in [7, 11) is 0. The summed E-state index contributed by atoms with van der Waals surface area (Å²) in [5, 5.41) is 0.135. The molecular weight excluding hydrogens is 324 g/mol. The van der Waals surface area contributed by atoms with Crippen LogP contribution in [0.5, 0.6) is 5.75 Å². The molecule has 0 bridgehead atoms. The van der Waals surface area contributed by atoms with Gasteiger partial charge >= 0.3 is 0 Å². The van der Waals surface area contributed by atoms with Gasteiger partial charge in [0.05, 0.1) is 17.2 Å². The Hall–Kier alpha value is -1.36. The van der Waals surface area contributed by atoms with Crippen molar-refractivity contribution in [2.45, 2.75) is 52.1 Å². The van der Waals surface area contributed by atoms with Gasteiger partial charge in [-0.05, 0) is 44.6 Å². The van der Waals surface area contributed by atoms with Gasteiger partial charge in [-0.3, -0.25) is 4.79 Å². The molecule has 130 valence electrons. The van der Waals surface area contributed by atoms with Crippen LogP contribution in [0.4, 0.5) is 8.78 Å². The Balaban J connectivity index is 0.00000127. The maximum Gasteiger partial charge on any atom is 0.251 e. The molecule has 0 aliphatic heterocycles. The first kappa shape index (κ1) is 19.7. The Kier molecular flexibility index (Phi) is 7.26. The number of rotatable bonds is 4. The van der Waals surface area contributed by atoms with Crippen molar-refractivity contribution in [2.24, 2.45) is 11.7 Å². The SMILES string of the molecule is CC.CC1(F)CCC(COc2cc(F)c(C(N)=O)cc2Cl)CC1. The molecule has 0 unspecified atom stereocenters. The molecule has 6 heteroatoms. The Labute approximate surface area is 141 Å². The molecule has 23 heavy (non-hydrogen) atoms. The second kappa shape index (κ2) is 8.48. The molecule has 1 amide bonds. The molecule has 1 fully saturated rings. The number of carbonyl (C=O) groups excluding carboxylic acids is 1. The molecule has 0 saturated heterocycles. The maximum absolute atomic E-state index is 13.7. The first-order valence-corrected chi connectivity index (χ1v) is 8.27. The minimum Gasteiger partial charge on any atom is -0.492 e. The van der Waals surface area contributed by atoms with E-state index >= 15 is 0 Å². The zero-order valence-electron chi connectivity index (χ0n) is 13.8. The molecule has 2 N–H and O–H groups in total. The number of alkyl halides is 1. The first-order valence-electron chi connectivity index (χ1n) is 7.89. The smallest absolute Gasteiger partial charge is 0.251 e. The molecule has 0 spiro atoms. The Morgan fingerprint density at radius 1 is 1.39 bits per heavy atom. The molecule has 0 heterocycles. The van der Waals surface area contributed by atoms with Gasteiger partial charge in [0, 0.05) is 6.07 Å². The number of nitrogens with two attached hydrogens (primary N) is 1. The summed E-state index contributed by atoms with van der Waals surface area (Å²) in [5.41, 5.74) is 3.68. The topological polar surface area (TPSA) is 52.3 Å². The van der Waals surface area contributed by atoms with Gasteiger partial charge in [-0.1, -0.05) is 25.4 Å². The van der Waals surface area contributed by atoms with E-state index in [4.69, 9.17) is 22.1 Å². The van der Waals surface area contributed by atoms with E-state index < -0.39 is 17.4 Å². The van der Waals surface area contributed by atoms with Crippen LogP contribution in [0.15, 0.2) is 12.1 Å². The number of benzene rings is 1. The minimum atomic E-state index is -1.09. The predicted molar refractivity (Wildman–Crippen MR) is 88.2 cm³/mol. The van der Waals surface area contributed by atoms with E-state index in [-0.39, 0.29) is 22.3 Å². The fourth-order valence-corrected chi connectivity index (χ4v) is 2.70. The zero-order chi connectivity index (χ0) is 17.6. The summed E-state index contributed by atoms with van der Waals surface area (Å²) in [6, 6.07) is 2.22. The van der Waals surface area contributed by atoms with Gasteiger partial charge in [0.2, 0.25) is 0 Å². The summed E-state index contributed by atoms with van der Waals surface area (Å²) in [6.45, 7) is 5.96. The Bertz CT molecular complexity index is 540. The van der Waals surface area contributed by atoms with Crippen LogP contribution in [0.25, 0.3) is 0 Å². The quantitative estimate of drug-likeness (QED) is 0.842. The Morgan fingerprint density at radius 2 is 1.96 bits per heavy atom. The number of halogens is 3. The van der Waals surface area contributed by atoms with Crippen molar-refractivity contribution in [1.82, 2.24) is 0 Å². The highest BCUT2D eigenvalue weighted by atomic mass is 35.5. The Morgan fingerprint density at radius 3 is 2.48 bits per heavy atom. The van der Waals surface area contributed by atoms with Crippen LogP contribution in [-0.2, 0) is 0 Å². The van der Waals surface area contributed by atoms with Crippen LogP contribution >= 0.6 is 11.6 Å². The number of primary amides is 1. The van der Waals surface area contributed by atoms with Gasteiger partial charge in [-0.15, -0.1) is 0 Å². The second-order valence-electron chi connectivity index (χ2n) is 5.79. The van der Waals surface area contributed by atoms with E-state index in [0.29, 0.717) is 19.4 Å². The third-order valence-corrected chi connectivity index (χ3v) is 4.20. The summed E-state index contributed by atoms with van der Waals surface area (Å²) in [4.78, 5) is 11.0. The van der Waals surface area contributed by atoms with Crippen molar-refractivity contribution in [3.05, 3.63) is 28.5 Å². The van der Waals surface area contributed by atoms with Crippen LogP contribution in [-0.4, -0.2) is 18.2 Å². The molecule has 1 aliphatic rings. The standard InChI is InChI=1S/C15H18ClF2NO2.C2H6/c1-15(18)4-2-9(3-5-15)8-21-13-7-12(17)10(14(19)20)6-11(13)16;1-2/h6-7,9H,2-5,8H2,1H3,(H2,19,20);1-2H3. The third kappa shape index (κ3) is 5.65. The van der Waals surface area contributed by atoms with Crippen molar-refractivity contribution < 1.29 is 18.3 Å². The van der Waals surface area contributed by atoms with Crippen LogP contribution in [0.3, 0.4) is 0 Å². The van der Waals surface area contributed by atoms with Crippen molar-refractivity contribution in [3.8, 4) is 5.75 Å².